The van der Waals surface area contributed by atoms with Crippen molar-refractivity contribution in [1.29, 1.82) is 0 Å². The van der Waals surface area contributed by atoms with Crippen LogP contribution in [0.25, 0.3) is 0 Å². The number of hydrogen-bond acceptors (Lipinski definition) is 2. The van der Waals surface area contributed by atoms with E-state index < -0.39 is 0 Å². The lowest BCUT2D eigenvalue weighted by Gasteiger charge is -2.22. The van der Waals surface area contributed by atoms with Crippen LogP contribution in [0, 0.1) is 5.82 Å². The number of thiophene rings is 1. The predicted molar refractivity (Wildman–Crippen MR) is 75.1 cm³/mol. The molecule has 0 radical (unpaired) electrons. The van der Waals surface area contributed by atoms with Gasteiger partial charge in [0.1, 0.15) is 5.82 Å². The number of benzene rings is 1. The van der Waals surface area contributed by atoms with Crippen LogP contribution in [-0.4, -0.2) is 6.54 Å². The van der Waals surface area contributed by atoms with Crippen molar-refractivity contribution < 1.29 is 4.39 Å². The lowest BCUT2D eigenvalue weighted by Crippen LogP contribution is -2.21. The van der Waals surface area contributed by atoms with Gasteiger partial charge in [0.2, 0.25) is 0 Å². The van der Waals surface area contributed by atoms with Crippen molar-refractivity contribution >= 4 is 33.0 Å². The third-order valence-electron chi connectivity index (χ3n) is 2.53. The highest BCUT2D eigenvalue weighted by Gasteiger charge is 2.07. The van der Waals surface area contributed by atoms with Gasteiger partial charge >= 0.3 is 0 Å². The Labute approximate surface area is 113 Å². The molecule has 1 nitrogen and oxygen atoms in total. The maximum atomic E-state index is 13.2. The van der Waals surface area contributed by atoms with Gasteiger partial charge in [-0.3, -0.25) is 0 Å². The highest BCUT2D eigenvalue weighted by Crippen LogP contribution is 2.25. The SMILES string of the molecule is CCN(Cc1ccc(Br)s1)c1cccc(F)c1. The molecule has 4 heteroatoms. The maximum Gasteiger partial charge on any atom is 0.125 e. The molecule has 1 aromatic carbocycles. The molecule has 1 aromatic heterocycles. The average Bonchev–Trinajstić information content (AvgIpc) is 2.72. The minimum atomic E-state index is -0.187. The van der Waals surface area contributed by atoms with Crippen molar-refractivity contribution in [3.63, 3.8) is 0 Å². The summed E-state index contributed by atoms with van der Waals surface area (Å²) in [6, 6.07) is 10.9. The van der Waals surface area contributed by atoms with E-state index in [-0.39, 0.29) is 5.82 Å². The van der Waals surface area contributed by atoms with Gasteiger partial charge in [-0.1, -0.05) is 6.07 Å². The Balaban J connectivity index is 2.16. The van der Waals surface area contributed by atoms with Gasteiger partial charge in [0.05, 0.1) is 10.3 Å². The van der Waals surface area contributed by atoms with Gasteiger partial charge in [-0.25, -0.2) is 4.39 Å². The zero-order valence-corrected chi connectivity index (χ0v) is 11.9. The summed E-state index contributed by atoms with van der Waals surface area (Å²) < 4.78 is 14.3. The molecule has 2 rings (SSSR count). The van der Waals surface area contributed by atoms with Gasteiger partial charge in [-0.05, 0) is 53.2 Å². The van der Waals surface area contributed by atoms with Gasteiger partial charge in [0, 0.05) is 17.1 Å². The molecule has 1 heterocycles. The monoisotopic (exact) mass is 313 g/mol. The summed E-state index contributed by atoms with van der Waals surface area (Å²) in [4.78, 5) is 3.42. The van der Waals surface area contributed by atoms with E-state index in [1.165, 1.54) is 10.9 Å². The normalized spacial score (nSPS) is 10.5. The minimum Gasteiger partial charge on any atom is -0.367 e. The van der Waals surface area contributed by atoms with Gasteiger partial charge in [-0.15, -0.1) is 11.3 Å². The molecule has 0 amide bonds. The topological polar surface area (TPSA) is 3.24 Å². The van der Waals surface area contributed by atoms with Crippen LogP contribution in [0.4, 0.5) is 10.1 Å². The maximum absolute atomic E-state index is 13.2. The fourth-order valence-corrected chi connectivity index (χ4v) is 3.18. The molecule has 2 aromatic rings. The van der Waals surface area contributed by atoms with E-state index in [0.717, 1.165) is 22.6 Å². The Morgan fingerprint density at radius 1 is 1.29 bits per heavy atom. The van der Waals surface area contributed by atoms with Gasteiger partial charge in [0.25, 0.3) is 0 Å². The van der Waals surface area contributed by atoms with Crippen LogP contribution in [0.15, 0.2) is 40.2 Å². The molecular weight excluding hydrogens is 301 g/mol. The Hall–Kier alpha value is -0.870. The molecule has 0 saturated heterocycles. The first kappa shape index (κ1) is 12.6. The molecule has 0 bridgehead atoms. The second-order valence-corrected chi connectivity index (χ2v) is 6.25. The Morgan fingerprint density at radius 2 is 2.12 bits per heavy atom. The van der Waals surface area contributed by atoms with Crippen LogP contribution in [0.3, 0.4) is 0 Å². The molecule has 17 heavy (non-hydrogen) atoms. The molecule has 0 aliphatic heterocycles. The van der Waals surface area contributed by atoms with Crippen molar-refractivity contribution in [3.8, 4) is 0 Å². The summed E-state index contributed by atoms with van der Waals surface area (Å²) in [5, 5.41) is 0. The Kier molecular flexibility index (Phi) is 4.18. The molecule has 0 N–H and O–H groups in total. The van der Waals surface area contributed by atoms with E-state index in [1.807, 2.05) is 12.1 Å². The second kappa shape index (κ2) is 5.65. The number of nitrogens with zero attached hydrogens (tertiary/aromatic N) is 1. The third-order valence-corrected chi connectivity index (χ3v) is 4.14. The molecular formula is C13H13BrFNS. The van der Waals surface area contributed by atoms with Crippen molar-refractivity contribution in [2.45, 2.75) is 13.5 Å². The summed E-state index contributed by atoms with van der Waals surface area (Å²) >= 11 is 5.16. The molecule has 0 aliphatic rings. The summed E-state index contributed by atoms with van der Waals surface area (Å²) in [5.41, 5.74) is 0.928. The van der Waals surface area contributed by atoms with Gasteiger partial charge in [-0.2, -0.15) is 0 Å². The van der Waals surface area contributed by atoms with Gasteiger partial charge < -0.3 is 4.90 Å². The predicted octanol–water partition coefficient (Wildman–Crippen LogP) is 4.68. The van der Waals surface area contributed by atoms with Crippen LogP contribution in [0.1, 0.15) is 11.8 Å². The molecule has 0 atom stereocenters. The standard InChI is InChI=1S/C13H13BrFNS/c1-2-16(9-12-6-7-13(14)17-12)11-5-3-4-10(15)8-11/h3-8H,2,9H2,1H3. The Morgan fingerprint density at radius 3 is 2.71 bits per heavy atom. The van der Waals surface area contributed by atoms with E-state index in [2.05, 4.69) is 33.8 Å². The highest BCUT2D eigenvalue weighted by atomic mass is 79.9. The average molecular weight is 314 g/mol. The molecule has 90 valence electrons. The van der Waals surface area contributed by atoms with E-state index in [1.54, 1.807) is 23.5 Å². The molecule has 0 spiro atoms. The van der Waals surface area contributed by atoms with Crippen LogP contribution in [-0.2, 0) is 6.54 Å². The third kappa shape index (κ3) is 3.30. The van der Waals surface area contributed by atoms with E-state index >= 15 is 0 Å². The van der Waals surface area contributed by atoms with Crippen molar-refractivity contribution in [2.24, 2.45) is 0 Å². The van der Waals surface area contributed by atoms with Crippen molar-refractivity contribution in [3.05, 3.63) is 50.9 Å². The smallest absolute Gasteiger partial charge is 0.125 e. The number of anilines is 1. The molecule has 0 fully saturated rings. The molecule has 0 aliphatic carbocycles. The fourth-order valence-electron chi connectivity index (χ4n) is 1.68. The van der Waals surface area contributed by atoms with E-state index in [9.17, 15) is 4.39 Å². The lowest BCUT2D eigenvalue weighted by molar-refractivity contribution is 0.626. The largest absolute Gasteiger partial charge is 0.367 e. The summed E-state index contributed by atoms with van der Waals surface area (Å²) in [6.07, 6.45) is 0. The molecule has 0 unspecified atom stereocenters. The van der Waals surface area contributed by atoms with E-state index in [4.69, 9.17) is 0 Å². The first-order valence-corrected chi connectivity index (χ1v) is 7.04. The summed E-state index contributed by atoms with van der Waals surface area (Å²) in [6.45, 7) is 3.75. The quantitative estimate of drug-likeness (QED) is 0.792. The summed E-state index contributed by atoms with van der Waals surface area (Å²) in [5.74, 6) is -0.187. The van der Waals surface area contributed by atoms with Crippen LogP contribution in [0.2, 0.25) is 0 Å². The second-order valence-electron chi connectivity index (χ2n) is 3.70. The first-order valence-electron chi connectivity index (χ1n) is 5.43. The minimum absolute atomic E-state index is 0.187. The first-order chi connectivity index (χ1) is 8.19. The van der Waals surface area contributed by atoms with Crippen LogP contribution >= 0.6 is 27.3 Å². The zero-order valence-electron chi connectivity index (χ0n) is 9.49. The van der Waals surface area contributed by atoms with Crippen molar-refractivity contribution in [2.75, 3.05) is 11.4 Å². The van der Waals surface area contributed by atoms with Crippen molar-refractivity contribution in [1.82, 2.24) is 0 Å². The van der Waals surface area contributed by atoms with Crippen LogP contribution in [0.5, 0.6) is 0 Å². The van der Waals surface area contributed by atoms with Gasteiger partial charge in [0.15, 0.2) is 0 Å². The number of halogens is 2. The summed E-state index contributed by atoms with van der Waals surface area (Å²) in [7, 11) is 0. The number of rotatable bonds is 4. The number of hydrogen-bond donors (Lipinski definition) is 0. The zero-order chi connectivity index (χ0) is 12.3. The highest BCUT2D eigenvalue weighted by molar-refractivity contribution is 9.11. The van der Waals surface area contributed by atoms with E-state index in [0.29, 0.717) is 0 Å². The fraction of sp³-hybridized carbons (Fsp3) is 0.231. The lowest BCUT2D eigenvalue weighted by atomic mass is 10.2. The van der Waals surface area contributed by atoms with Crippen LogP contribution < -0.4 is 4.90 Å². The molecule has 0 saturated carbocycles. The Bertz CT molecular complexity index is 498.